The van der Waals surface area contributed by atoms with Crippen molar-refractivity contribution >= 4 is 11.8 Å². The number of benzene rings is 1. The molecule has 0 unspecified atom stereocenters. The van der Waals surface area contributed by atoms with Gasteiger partial charge >= 0.3 is 5.97 Å². The lowest BCUT2D eigenvalue weighted by atomic mass is 10.0. The van der Waals surface area contributed by atoms with Crippen LogP contribution in [0.1, 0.15) is 24.2 Å². The molecule has 7 heteroatoms. The number of carbonyl (C=O) groups excluding carboxylic acids is 2. The lowest BCUT2D eigenvalue weighted by Gasteiger charge is -2.08. The lowest BCUT2D eigenvalue weighted by Crippen LogP contribution is -2.18. The Morgan fingerprint density at radius 1 is 1.10 bits per heavy atom. The molecule has 114 valence electrons. The molecule has 0 bridgehead atoms. The monoisotopic (exact) mass is 302 g/mol. The summed E-state index contributed by atoms with van der Waals surface area (Å²) in [7, 11) is 0. The Morgan fingerprint density at radius 2 is 1.76 bits per heavy atom. The smallest absolute Gasteiger partial charge is 0.345 e. The lowest BCUT2D eigenvalue weighted by molar-refractivity contribution is -0.138. The first-order valence-electron chi connectivity index (χ1n) is 6.11. The van der Waals surface area contributed by atoms with Crippen LogP contribution >= 0.6 is 0 Å². The molecule has 0 heterocycles. The van der Waals surface area contributed by atoms with E-state index in [0.29, 0.717) is 6.07 Å². The van der Waals surface area contributed by atoms with E-state index >= 15 is 0 Å². The molecule has 0 spiro atoms. The Bertz CT molecular complexity index is 582. The highest BCUT2D eigenvalue weighted by molar-refractivity contribution is 6.24. The zero-order valence-electron chi connectivity index (χ0n) is 11.4. The predicted molar refractivity (Wildman–Crippen MR) is 67.0 cm³/mol. The third-order valence-corrected chi connectivity index (χ3v) is 2.39. The molecule has 0 aliphatic carbocycles. The fourth-order valence-electron chi connectivity index (χ4n) is 1.42. The SMILES string of the molecule is CCO/C=C(\C(=O)OCC)C(=O)c1ccc(F)c(F)c1F. The second-order valence-electron chi connectivity index (χ2n) is 3.76. The number of esters is 1. The zero-order chi connectivity index (χ0) is 16.0. The number of Topliss-reactive ketones (excluding diaryl/α,β-unsaturated/α-hetero) is 1. The highest BCUT2D eigenvalue weighted by Gasteiger charge is 2.26. The molecule has 1 aromatic carbocycles. The summed E-state index contributed by atoms with van der Waals surface area (Å²) < 4.78 is 49.0. The van der Waals surface area contributed by atoms with Crippen LogP contribution in [0.15, 0.2) is 24.0 Å². The van der Waals surface area contributed by atoms with E-state index in [2.05, 4.69) is 4.74 Å². The van der Waals surface area contributed by atoms with Gasteiger partial charge in [0, 0.05) is 0 Å². The van der Waals surface area contributed by atoms with Gasteiger partial charge in [0.05, 0.1) is 18.8 Å². The number of ether oxygens (including phenoxy) is 2. The zero-order valence-corrected chi connectivity index (χ0v) is 11.4. The summed E-state index contributed by atoms with van der Waals surface area (Å²) in [5.74, 6) is -7.10. The Hall–Kier alpha value is -2.31. The molecule has 0 fully saturated rings. The molecule has 1 aromatic rings. The molecule has 21 heavy (non-hydrogen) atoms. The third-order valence-electron chi connectivity index (χ3n) is 2.39. The van der Waals surface area contributed by atoms with Crippen LogP contribution < -0.4 is 0 Å². The van der Waals surface area contributed by atoms with Gasteiger partial charge in [-0.25, -0.2) is 18.0 Å². The van der Waals surface area contributed by atoms with E-state index < -0.39 is 40.3 Å². The molecule has 0 aromatic heterocycles. The molecule has 0 atom stereocenters. The molecule has 1 rings (SSSR count). The molecule has 4 nitrogen and oxygen atoms in total. The minimum absolute atomic E-state index is 0.0180. The van der Waals surface area contributed by atoms with E-state index in [0.717, 1.165) is 12.3 Å². The Balaban J connectivity index is 3.23. The number of rotatable bonds is 6. The molecule has 0 aliphatic rings. The van der Waals surface area contributed by atoms with Crippen molar-refractivity contribution in [3.63, 3.8) is 0 Å². The third kappa shape index (κ3) is 3.84. The van der Waals surface area contributed by atoms with Gasteiger partial charge in [-0.15, -0.1) is 0 Å². The number of hydrogen-bond donors (Lipinski definition) is 0. The van der Waals surface area contributed by atoms with E-state index in [1.54, 1.807) is 6.92 Å². The molecule has 0 amide bonds. The van der Waals surface area contributed by atoms with Crippen LogP contribution in [0.4, 0.5) is 13.2 Å². The normalized spacial score (nSPS) is 11.2. The van der Waals surface area contributed by atoms with E-state index in [1.807, 2.05) is 0 Å². The Labute approximate surface area is 119 Å². The van der Waals surface area contributed by atoms with Crippen molar-refractivity contribution in [1.82, 2.24) is 0 Å². The minimum Gasteiger partial charge on any atom is -0.500 e. The Morgan fingerprint density at radius 3 is 2.33 bits per heavy atom. The average Bonchev–Trinajstić information content (AvgIpc) is 2.45. The summed E-state index contributed by atoms with van der Waals surface area (Å²) in [5.41, 5.74) is -1.39. The van der Waals surface area contributed by atoms with Crippen molar-refractivity contribution in [3.8, 4) is 0 Å². The van der Waals surface area contributed by atoms with Crippen molar-refractivity contribution < 1.29 is 32.2 Å². The van der Waals surface area contributed by atoms with Gasteiger partial charge in [-0.05, 0) is 26.0 Å². The van der Waals surface area contributed by atoms with Crippen LogP contribution in [0.2, 0.25) is 0 Å². The van der Waals surface area contributed by atoms with Crippen molar-refractivity contribution in [2.45, 2.75) is 13.8 Å². The predicted octanol–water partition coefficient (Wildman–Crippen LogP) is 2.77. The number of ketones is 1. The van der Waals surface area contributed by atoms with Crippen molar-refractivity contribution in [2.75, 3.05) is 13.2 Å². The van der Waals surface area contributed by atoms with E-state index in [4.69, 9.17) is 4.74 Å². The number of carbonyl (C=O) groups is 2. The molecular weight excluding hydrogens is 289 g/mol. The quantitative estimate of drug-likeness (QED) is 0.154. The van der Waals surface area contributed by atoms with Gasteiger partial charge in [-0.3, -0.25) is 4.79 Å². The maximum Gasteiger partial charge on any atom is 0.345 e. The van der Waals surface area contributed by atoms with Crippen molar-refractivity contribution in [1.29, 1.82) is 0 Å². The van der Waals surface area contributed by atoms with Crippen LogP contribution in [0.25, 0.3) is 0 Å². The summed E-state index contributed by atoms with van der Waals surface area (Å²) in [5, 5.41) is 0. The van der Waals surface area contributed by atoms with Gasteiger partial charge in [-0.2, -0.15) is 0 Å². The second-order valence-corrected chi connectivity index (χ2v) is 3.76. The van der Waals surface area contributed by atoms with Crippen molar-refractivity contribution in [3.05, 3.63) is 47.0 Å². The van der Waals surface area contributed by atoms with Gasteiger partial charge in [0.15, 0.2) is 17.5 Å². The second kappa shape index (κ2) is 7.47. The number of hydrogen-bond acceptors (Lipinski definition) is 4. The standard InChI is InChI=1S/C14H13F3O4/c1-3-20-7-9(14(19)21-4-2)13(18)8-5-6-10(15)12(17)11(8)16/h5-7H,3-4H2,1-2H3/b9-7-. The first kappa shape index (κ1) is 16.7. The van der Waals surface area contributed by atoms with Crippen LogP contribution in [-0.4, -0.2) is 25.0 Å². The Kier molecular flexibility index (Phi) is 5.95. The number of halogens is 3. The summed E-state index contributed by atoms with van der Waals surface area (Å²) in [4.78, 5) is 23.7. The van der Waals surface area contributed by atoms with Crippen LogP contribution in [0.3, 0.4) is 0 Å². The molecule has 0 radical (unpaired) electrons. The van der Waals surface area contributed by atoms with Crippen LogP contribution in [0, 0.1) is 17.5 Å². The van der Waals surface area contributed by atoms with Gasteiger partial charge in [0.1, 0.15) is 11.8 Å². The first-order chi connectivity index (χ1) is 9.93. The highest BCUT2D eigenvalue weighted by Crippen LogP contribution is 2.19. The maximum absolute atomic E-state index is 13.6. The summed E-state index contributed by atoms with van der Waals surface area (Å²) in [6.07, 6.45) is 0.807. The average molecular weight is 302 g/mol. The summed E-state index contributed by atoms with van der Waals surface area (Å²) >= 11 is 0. The van der Waals surface area contributed by atoms with Gasteiger partial charge < -0.3 is 9.47 Å². The first-order valence-corrected chi connectivity index (χ1v) is 6.11. The van der Waals surface area contributed by atoms with E-state index in [-0.39, 0.29) is 13.2 Å². The van der Waals surface area contributed by atoms with Crippen LogP contribution in [-0.2, 0) is 14.3 Å². The van der Waals surface area contributed by atoms with Gasteiger partial charge in [0.2, 0.25) is 5.78 Å². The minimum atomic E-state index is -1.79. The molecule has 0 saturated carbocycles. The summed E-state index contributed by atoms with van der Waals surface area (Å²) in [6, 6.07) is 1.34. The largest absolute Gasteiger partial charge is 0.500 e. The van der Waals surface area contributed by atoms with E-state index in [1.165, 1.54) is 6.92 Å². The van der Waals surface area contributed by atoms with Gasteiger partial charge in [-0.1, -0.05) is 0 Å². The summed E-state index contributed by atoms with van der Waals surface area (Å²) in [6.45, 7) is 3.24. The highest BCUT2D eigenvalue weighted by atomic mass is 19.2. The van der Waals surface area contributed by atoms with Crippen LogP contribution in [0.5, 0.6) is 0 Å². The van der Waals surface area contributed by atoms with Crippen molar-refractivity contribution in [2.24, 2.45) is 0 Å². The molecule has 0 saturated heterocycles. The maximum atomic E-state index is 13.6. The van der Waals surface area contributed by atoms with Gasteiger partial charge in [0.25, 0.3) is 0 Å². The topological polar surface area (TPSA) is 52.6 Å². The van der Waals surface area contributed by atoms with E-state index in [9.17, 15) is 22.8 Å². The fraction of sp³-hybridized carbons (Fsp3) is 0.286. The molecular formula is C14H13F3O4. The molecule has 0 aliphatic heterocycles. The molecule has 0 N–H and O–H groups in total. The fourth-order valence-corrected chi connectivity index (χ4v) is 1.42.